The summed E-state index contributed by atoms with van der Waals surface area (Å²) in [5.41, 5.74) is 0.545. The first-order chi connectivity index (χ1) is 15.6. The second-order valence-electron chi connectivity index (χ2n) is 7.38. The van der Waals surface area contributed by atoms with Crippen LogP contribution in [0.4, 0.5) is 5.69 Å². The van der Waals surface area contributed by atoms with E-state index in [4.69, 9.17) is 4.74 Å². The Balaban J connectivity index is 2.05. The molecular weight excluding hydrogens is 446 g/mol. The highest BCUT2D eigenvalue weighted by atomic mass is 32.2. The maximum Gasteiger partial charge on any atom is 0.270 e. The van der Waals surface area contributed by atoms with Crippen molar-refractivity contribution in [2.45, 2.75) is 23.5 Å². The Hall–Kier alpha value is -3.85. The number of nitrogens with zero attached hydrogens (tertiary/aromatic N) is 1. The summed E-state index contributed by atoms with van der Waals surface area (Å²) in [6.07, 6.45) is -0.673. The molecule has 9 heteroatoms. The van der Waals surface area contributed by atoms with Crippen molar-refractivity contribution in [3.05, 3.63) is 99.6 Å². The number of non-ortho nitro benzene ring substituents is 1. The number of nitro groups is 1. The average molecular weight is 467 g/mol. The van der Waals surface area contributed by atoms with E-state index < -0.39 is 38.0 Å². The normalized spacial score (nSPS) is 12.1. The Morgan fingerprint density at radius 1 is 0.970 bits per heavy atom. The number of sulfone groups is 1. The zero-order valence-electron chi connectivity index (χ0n) is 17.9. The van der Waals surface area contributed by atoms with E-state index in [0.29, 0.717) is 5.75 Å². The van der Waals surface area contributed by atoms with Crippen LogP contribution in [0, 0.1) is 17.0 Å². The predicted molar refractivity (Wildman–Crippen MR) is 122 cm³/mol. The first kappa shape index (κ1) is 23.8. The number of Topliss-reactive ketones (excluding diaryl/α,β-unsaturated/α-hetero) is 2. The van der Waals surface area contributed by atoms with E-state index >= 15 is 0 Å². The van der Waals surface area contributed by atoms with Gasteiger partial charge in [0.1, 0.15) is 11.0 Å². The van der Waals surface area contributed by atoms with Gasteiger partial charge >= 0.3 is 0 Å². The summed E-state index contributed by atoms with van der Waals surface area (Å²) >= 11 is 0. The van der Waals surface area contributed by atoms with Crippen molar-refractivity contribution in [2.75, 3.05) is 7.11 Å². The topological polar surface area (TPSA) is 121 Å². The van der Waals surface area contributed by atoms with Crippen molar-refractivity contribution in [1.82, 2.24) is 0 Å². The molecule has 0 saturated carbocycles. The van der Waals surface area contributed by atoms with E-state index in [1.807, 2.05) is 0 Å². The van der Waals surface area contributed by atoms with Crippen LogP contribution in [0.25, 0.3) is 0 Å². The maximum absolute atomic E-state index is 13.4. The van der Waals surface area contributed by atoms with Crippen LogP contribution in [0.15, 0.2) is 77.7 Å². The number of carbonyl (C=O) groups is 2. The minimum Gasteiger partial charge on any atom is -0.497 e. The lowest BCUT2D eigenvalue weighted by Gasteiger charge is -2.17. The lowest BCUT2D eigenvalue weighted by Crippen LogP contribution is -2.33. The van der Waals surface area contributed by atoms with Crippen LogP contribution < -0.4 is 4.74 Å². The number of carbonyl (C=O) groups excluding carboxylic acids is 2. The van der Waals surface area contributed by atoms with Gasteiger partial charge in [0.25, 0.3) is 5.69 Å². The molecule has 0 heterocycles. The first-order valence-corrected chi connectivity index (χ1v) is 11.4. The van der Waals surface area contributed by atoms with E-state index in [0.717, 1.165) is 11.6 Å². The van der Waals surface area contributed by atoms with Crippen LogP contribution >= 0.6 is 0 Å². The third-order valence-corrected chi connectivity index (χ3v) is 7.18. The van der Waals surface area contributed by atoms with E-state index in [1.165, 1.54) is 49.6 Å². The summed E-state index contributed by atoms with van der Waals surface area (Å²) in [7, 11) is -2.85. The molecule has 8 nitrogen and oxygen atoms in total. The van der Waals surface area contributed by atoms with Gasteiger partial charge in [0.05, 0.1) is 16.9 Å². The second kappa shape index (κ2) is 9.74. The largest absolute Gasteiger partial charge is 0.497 e. The minimum atomic E-state index is -4.26. The van der Waals surface area contributed by atoms with Gasteiger partial charge in [-0.3, -0.25) is 19.7 Å². The van der Waals surface area contributed by atoms with Crippen LogP contribution in [0.3, 0.4) is 0 Å². The molecule has 170 valence electrons. The molecule has 0 aliphatic heterocycles. The molecule has 33 heavy (non-hydrogen) atoms. The molecule has 3 rings (SSSR count). The molecule has 1 atom stereocenters. The highest BCUT2D eigenvalue weighted by Gasteiger charge is 2.37. The molecule has 0 amide bonds. The summed E-state index contributed by atoms with van der Waals surface area (Å²) in [5.74, 6) is -1.11. The van der Waals surface area contributed by atoms with Crippen LogP contribution in [0.5, 0.6) is 5.75 Å². The van der Waals surface area contributed by atoms with Crippen molar-refractivity contribution in [1.29, 1.82) is 0 Å². The highest BCUT2D eigenvalue weighted by molar-refractivity contribution is 7.92. The van der Waals surface area contributed by atoms with E-state index in [2.05, 4.69) is 0 Å². The molecule has 0 aliphatic carbocycles. The molecule has 0 aliphatic rings. The highest BCUT2D eigenvalue weighted by Crippen LogP contribution is 2.26. The van der Waals surface area contributed by atoms with Gasteiger partial charge in [-0.15, -0.1) is 0 Å². The Morgan fingerprint density at radius 2 is 1.61 bits per heavy atom. The van der Waals surface area contributed by atoms with Gasteiger partial charge in [-0.05, 0) is 31.2 Å². The standard InChI is InChI=1S/C24H21NO7S/c1-16-9-11-21(12-10-16)33(30,31)23(24(27)18-6-4-8-20(14-18)32-2)15-22(26)17-5-3-7-19(13-17)25(28)29/h3-14,23H,15H2,1-2H3/t23-/m1/s1. The van der Waals surface area contributed by atoms with Gasteiger partial charge in [0, 0.05) is 29.7 Å². The molecule has 0 radical (unpaired) electrons. The van der Waals surface area contributed by atoms with Crippen LogP contribution in [0.2, 0.25) is 0 Å². The van der Waals surface area contributed by atoms with E-state index in [9.17, 15) is 28.1 Å². The number of ketones is 2. The van der Waals surface area contributed by atoms with Crippen molar-refractivity contribution >= 4 is 27.1 Å². The van der Waals surface area contributed by atoms with Crippen LogP contribution in [-0.2, 0) is 9.84 Å². The Morgan fingerprint density at radius 3 is 2.24 bits per heavy atom. The number of hydrogen-bond acceptors (Lipinski definition) is 7. The smallest absolute Gasteiger partial charge is 0.270 e. The summed E-state index contributed by atoms with van der Waals surface area (Å²) in [5, 5.41) is 9.33. The van der Waals surface area contributed by atoms with Gasteiger partial charge in [-0.25, -0.2) is 8.42 Å². The van der Waals surface area contributed by atoms with Gasteiger partial charge in [0.2, 0.25) is 0 Å². The summed E-state index contributed by atoms with van der Waals surface area (Å²) in [4.78, 5) is 36.6. The predicted octanol–water partition coefficient (Wildman–Crippen LogP) is 4.21. The Labute approximate surface area is 190 Å². The molecule has 0 aromatic heterocycles. The summed E-state index contributed by atoms with van der Waals surface area (Å²) in [6, 6.07) is 16.9. The summed E-state index contributed by atoms with van der Waals surface area (Å²) in [6.45, 7) is 1.79. The molecule has 3 aromatic carbocycles. The number of hydrogen-bond donors (Lipinski definition) is 0. The Bertz CT molecular complexity index is 1310. The number of rotatable bonds is 9. The third-order valence-electron chi connectivity index (χ3n) is 5.12. The number of ether oxygens (including phenoxy) is 1. The van der Waals surface area contributed by atoms with Crippen LogP contribution in [0.1, 0.15) is 32.7 Å². The maximum atomic E-state index is 13.4. The number of benzene rings is 3. The van der Waals surface area contributed by atoms with Gasteiger partial charge < -0.3 is 4.74 Å². The monoisotopic (exact) mass is 467 g/mol. The minimum absolute atomic E-state index is 0.0493. The van der Waals surface area contributed by atoms with Gasteiger partial charge in [-0.1, -0.05) is 42.0 Å². The second-order valence-corrected chi connectivity index (χ2v) is 9.51. The lowest BCUT2D eigenvalue weighted by atomic mass is 10.0. The molecule has 0 N–H and O–H groups in total. The SMILES string of the molecule is COc1cccc(C(=O)[C@@H](CC(=O)c2cccc([N+](=O)[O-])c2)S(=O)(=O)c2ccc(C)cc2)c1. The first-order valence-electron chi connectivity index (χ1n) is 9.90. The zero-order chi connectivity index (χ0) is 24.2. The van der Waals surface area contributed by atoms with Crippen molar-refractivity contribution in [3.63, 3.8) is 0 Å². The lowest BCUT2D eigenvalue weighted by molar-refractivity contribution is -0.384. The zero-order valence-corrected chi connectivity index (χ0v) is 18.7. The molecule has 3 aromatic rings. The van der Waals surface area contributed by atoms with E-state index in [1.54, 1.807) is 31.2 Å². The molecule has 0 unspecified atom stereocenters. The fraction of sp³-hybridized carbons (Fsp3) is 0.167. The van der Waals surface area contributed by atoms with E-state index in [-0.39, 0.29) is 21.7 Å². The van der Waals surface area contributed by atoms with Crippen LogP contribution in [-0.4, -0.2) is 37.3 Å². The molecular formula is C24H21NO7S. The molecule has 0 bridgehead atoms. The van der Waals surface area contributed by atoms with Crippen molar-refractivity contribution < 1.29 is 27.7 Å². The van der Waals surface area contributed by atoms with Crippen molar-refractivity contribution in [2.24, 2.45) is 0 Å². The fourth-order valence-corrected chi connectivity index (χ4v) is 4.91. The quantitative estimate of drug-likeness (QED) is 0.262. The molecule has 0 saturated heterocycles. The number of aryl methyl sites for hydroxylation is 1. The fourth-order valence-electron chi connectivity index (χ4n) is 3.28. The van der Waals surface area contributed by atoms with Gasteiger partial charge in [0.15, 0.2) is 21.4 Å². The number of nitro benzene ring substituents is 1. The molecule has 0 spiro atoms. The van der Waals surface area contributed by atoms with Gasteiger partial charge in [-0.2, -0.15) is 0 Å². The number of methoxy groups -OCH3 is 1. The Kier molecular flexibility index (Phi) is 7.03. The van der Waals surface area contributed by atoms with Crippen molar-refractivity contribution in [3.8, 4) is 5.75 Å². The average Bonchev–Trinajstić information content (AvgIpc) is 2.82. The third kappa shape index (κ3) is 5.32. The summed E-state index contributed by atoms with van der Waals surface area (Å²) < 4.78 is 32.0. The molecule has 0 fully saturated rings.